The molecule has 2 fully saturated rings. The molecular weight excluding hydrogens is 300 g/mol. The Balaban J connectivity index is 2.05. The Morgan fingerprint density at radius 3 is 2.35 bits per heavy atom. The summed E-state index contributed by atoms with van der Waals surface area (Å²) < 4.78 is 29.6. The third-order valence-electron chi connectivity index (χ3n) is 4.31. The van der Waals surface area contributed by atoms with Crippen molar-refractivity contribution < 1.29 is 28.8 Å². The average molecular weight is 332 g/mol. The average Bonchev–Trinajstić information content (AvgIpc) is 2.94. The van der Waals surface area contributed by atoms with Crippen LogP contribution in [0.4, 0.5) is 0 Å². The molecule has 6 nitrogen and oxygen atoms in total. The summed E-state index contributed by atoms with van der Waals surface area (Å²) in [5.74, 6) is -0.702. The quantitative estimate of drug-likeness (QED) is 0.619. The van der Waals surface area contributed by atoms with E-state index in [2.05, 4.69) is 13.8 Å². The van der Waals surface area contributed by atoms with Crippen LogP contribution in [0, 0.1) is 0 Å². The van der Waals surface area contributed by atoms with Crippen molar-refractivity contribution in [1.29, 1.82) is 0 Å². The maximum Gasteiger partial charge on any atom is 0.190 e. The molecule has 2 saturated heterocycles. The summed E-state index contributed by atoms with van der Waals surface area (Å²) in [5, 5.41) is 9.99. The highest BCUT2D eigenvalue weighted by Gasteiger charge is 2.62. The SMILES string of the molecule is CCCCOC[C@@]1(CO)O[C@@H]2OC(C)(C)O[C@@H]2[C@H]1OCCCC. The van der Waals surface area contributed by atoms with Crippen LogP contribution >= 0.6 is 0 Å². The van der Waals surface area contributed by atoms with Crippen LogP contribution in [0.25, 0.3) is 0 Å². The van der Waals surface area contributed by atoms with Crippen molar-refractivity contribution in [3.05, 3.63) is 0 Å². The lowest BCUT2D eigenvalue weighted by atomic mass is 9.96. The van der Waals surface area contributed by atoms with Crippen molar-refractivity contribution >= 4 is 0 Å². The van der Waals surface area contributed by atoms with Crippen LogP contribution in [0.3, 0.4) is 0 Å². The van der Waals surface area contributed by atoms with E-state index in [0.29, 0.717) is 13.2 Å². The molecule has 4 atom stereocenters. The molecule has 2 aliphatic rings. The van der Waals surface area contributed by atoms with Crippen LogP contribution in [-0.2, 0) is 23.7 Å². The molecule has 0 aromatic heterocycles. The van der Waals surface area contributed by atoms with Crippen molar-refractivity contribution in [1.82, 2.24) is 0 Å². The highest BCUT2D eigenvalue weighted by Crippen LogP contribution is 2.43. The topological polar surface area (TPSA) is 66.4 Å². The zero-order valence-corrected chi connectivity index (χ0v) is 14.9. The largest absolute Gasteiger partial charge is 0.393 e. The molecule has 1 N–H and O–H groups in total. The molecule has 0 unspecified atom stereocenters. The molecule has 136 valence electrons. The minimum Gasteiger partial charge on any atom is -0.393 e. The van der Waals surface area contributed by atoms with E-state index >= 15 is 0 Å². The number of fused-ring (bicyclic) bond motifs is 1. The predicted molar refractivity (Wildman–Crippen MR) is 85.1 cm³/mol. The third-order valence-corrected chi connectivity index (χ3v) is 4.31. The van der Waals surface area contributed by atoms with Crippen LogP contribution in [0.15, 0.2) is 0 Å². The van der Waals surface area contributed by atoms with Gasteiger partial charge in [-0.15, -0.1) is 0 Å². The molecule has 2 heterocycles. The second-order valence-corrected chi connectivity index (χ2v) is 6.86. The lowest BCUT2D eigenvalue weighted by molar-refractivity contribution is -0.260. The van der Waals surface area contributed by atoms with Crippen molar-refractivity contribution in [2.45, 2.75) is 83.3 Å². The summed E-state index contributed by atoms with van der Waals surface area (Å²) in [7, 11) is 0. The van der Waals surface area contributed by atoms with Crippen molar-refractivity contribution in [2.24, 2.45) is 0 Å². The Hall–Kier alpha value is -0.240. The molecule has 0 radical (unpaired) electrons. The maximum atomic E-state index is 9.99. The number of aliphatic hydroxyl groups excluding tert-OH is 1. The first kappa shape index (κ1) is 19.1. The van der Waals surface area contributed by atoms with Crippen LogP contribution < -0.4 is 0 Å². The van der Waals surface area contributed by atoms with E-state index in [1.54, 1.807) is 0 Å². The normalized spacial score (nSPS) is 35.6. The number of rotatable bonds is 10. The fourth-order valence-electron chi connectivity index (χ4n) is 3.03. The Kier molecular flexibility index (Phi) is 6.83. The highest BCUT2D eigenvalue weighted by molar-refractivity contribution is 5.04. The van der Waals surface area contributed by atoms with Crippen LogP contribution in [-0.4, -0.2) is 61.4 Å². The number of hydrogen-bond donors (Lipinski definition) is 1. The molecule has 0 spiro atoms. The Morgan fingerprint density at radius 2 is 1.70 bits per heavy atom. The minimum absolute atomic E-state index is 0.184. The third kappa shape index (κ3) is 4.44. The molecule has 0 saturated carbocycles. The zero-order valence-electron chi connectivity index (χ0n) is 14.9. The Morgan fingerprint density at radius 1 is 1.00 bits per heavy atom. The van der Waals surface area contributed by atoms with Crippen LogP contribution in [0.5, 0.6) is 0 Å². The second-order valence-electron chi connectivity index (χ2n) is 6.86. The molecule has 0 aromatic carbocycles. The van der Waals surface area contributed by atoms with Gasteiger partial charge in [-0.2, -0.15) is 0 Å². The van der Waals surface area contributed by atoms with Gasteiger partial charge in [0, 0.05) is 13.2 Å². The van der Waals surface area contributed by atoms with Gasteiger partial charge in [0.2, 0.25) is 0 Å². The van der Waals surface area contributed by atoms with Gasteiger partial charge in [-0.25, -0.2) is 0 Å². The highest BCUT2D eigenvalue weighted by atomic mass is 16.8. The fourth-order valence-corrected chi connectivity index (χ4v) is 3.03. The molecule has 0 aliphatic carbocycles. The first-order valence-electron chi connectivity index (χ1n) is 8.81. The first-order valence-corrected chi connectivity index (χ1v) is 8.81. The summed E-state index contributed by atoms with van der Waals surface area (Å²) in [6, 6.07) is 0. The van der Waals surface area contributed by atoms with Crippen LogP contribution in [0.1, 0.15) is 53.4 Å². The van der Waals surface area contributed by atoms with Crippen molar-refractivity contribution in [3.63, 3.8) is 0 Å². The summed E-state index contributed by atoms with van der Waals surface area (Å²) in [6.07, 6.45) is 2.78. The molecule has 23 heavy (non-hydrogen) atoms. The van der Waals surface area contributed by atoms with E-state index in [1.165, 1.54) is 0 Å². The Bertz CT molecular complexity index is 361. The lowest BCUT2D eigenvalue weighted by Gasteiger charge is -2.35. The fraction of sp³-hybridized carbons (Fsp3) is 1.00. The standard InChI is InChI=1S/C17H32O6/c1-5-7-9-19-12-17(11-18)14(20-10-8-6-2)13-15(23-17)22-16(3,4)21-13/h13-15,18H,5-12H2,1-4H3/t13-,14-,15+,17-/m1/s1. The molecule has 2 rings (SSSR count). The van der Waals surface area contributed by atoms with E-state index in [4.69, 9.17) is 23.7 Å². The summed E-state index contributed by atoms with van der Waals surface area (Å²) in [4.78, 5) is 0. The van der Waals surface area contributed by atoms with Crippen molar-refractivity contribution in [2.75, 3.05) is 26.4 Å². The van der Waals surface area contributed by atoms with Gasteiger partial charge < -0.3 is 28.8 Å². The van der Waals surface area contributed by atoms with Gasteiger partial charge in [0.1, 0.15) is 17.8 Å². The Labute approximate surface area is 139 Å². The van der Waals surface area contributed by atoms with E-state index < -0.39 is 23.8 Å². The number of unbranched alkanes of at least 4 members (excludes halogenated alkanes) is 2. The van der Waals surface area contributed by atoms with Crippen LogP contribution in [0.2, 0.25) is 0 Å². The van der Waals surface area contributed by atoms with E-state index in [0.717, 1.165) is 25.7 Å². The zero-order chi connectivity index (χ0) is 16.9. The number of ether oxygens (including phenoxy) is 5. The molecule has 2 aliphatic heterocycles. The summed E-state index contributed by atoms with van der Waals surface area (Å²) in [5.41, 5.74) is -0.923. The molecular formula is C17H32O6. The second kappa shape index (κ2) is 8.23. The van der Waals surface area contributed by atoms with Gasteiger partial charge in [0.15, 0.2) is 12.1 Å². The number of aliphatic hydroxyl groups is 1. The van der Waals surface area contributed by atoms with Gasteiger partial charge in [0.05, 0.1) is 13.2 Å². The van der Waals surface area contributed by atoms with Gasteiger partial charge in [0.25, 0.3) is 0 Å². The molecule has 6 heteroatoms. The molecule has 0 aromatic rings. The van der Waals surface area contributed by atoms with Gasteiger partial charge in [-0.1, -0.05) is 26.7 Å². The van der Waals surface area contributed by atoms with E-state index in [-0.39, 0.29) is 19.3 Å². The number of hydrogen-bond acceptors (Lipinski definition) is 6. The summed E-state index contributed by atoms with van der Waals surface area (Å²) in [6.45, 7) is 9.29. The lowest BCUT2D eigenvalue weighted by Crippen LogP contribution is -2.52. The van der Waals surface area contributed by atoms with E-state index in [1.807, 2.05) is 13.8 Å². The maximum absolute atomic E-state index is 9.99. The van der Waals surface area contributed by atoms with E-state index in [9.17, 15) is 5.11 Å². The predicted octanol–water partition coefficient (Wildman–Crippen LogP) is 2.23. The molecule has 0 amide bonds. The van der Waals surface area contributed by atoms with Crippen molar-refractivity contribution in [3.8, 4) is 0 Å². The first-order chi connectivity index (χ1) is 11.0. The van der Waals surface area contributed by atoms with Gasteiger partial charge in [-0.05, 0) is 26.7 Å². The monoisotopic (exact) mass is 332 g/mol. The smallest absolute Gasteiger partial charge is 0.190 e. The van der Waals surface area contributed by atoms with Gasteiger partial charge >= 0.3 is 0 Å². The summed E-state index contributed by atoms with van der Waals surface area (Å²) >= 11 is 0. The molecule has 0 bridgehead atoms. The minimum atomic E-state index is -0.923. The van der Waals surface area contributed by atoms with Gasteiger partial charge in [-0.3, -0.25) is 0 Å².